The second kappa shape index (κ2) is 7.74. The van der Waals surface area contributed by atoms with E-state index in [-0.39, 0.29) is 40.3 Å². The number of rotatable bonds is 4. The molecule has 4 rings (SSSR count). The second-order valence-electron chi connectivity index (χ2n) is 11.0. The van der Waals surface area contributed by atoms with Crippen LogP contribution in [-0.4, -0.2) is 41.3 Å². The summed E-state index contributed by atoms with van der Waals surface area (Å²) >= 11 is 0. The van der Waals surface area contributed by atoms with Crippen LogP contribution in [0.15, 0.2) is 11.6 Å². The van der Waals surface area contributed by atoms with Gasteiger partial charge in [0.25, 0.3) is 0 Å². The summed E-state index contributed by atoms with van der Waals surface area (Å²) in [7, 11) is 1.43. The molecule has 3 saturated carbocycles. The van der Waals surface area contributed by atoms with Crippen LogP contribution in [0.1, 0.15) is 72.1 Å². The van der Waals surface area contributed by atoms with E-state index in [1.54, 1.807) is 6.08 Å². The van der Waals surface area contributed by atoms with E-state index in [0.717, 1.165) is 31.3 Å². The van der Waals surface area contributed by atoms with Gasteiger partial charge in [-0.15, -0.1) is 0 Å². The first-order valence-corrected chi connectivity index (χ1v) is 11.8. The van der Waals surface area contributed by atoms with Gasteiger partial charge in [0, 0.05) is 12.8 Å². The lowest BCUT2D eigenvalue weighted by Crippen LogP contribution is -2.60. The van der Waals surface area contributed by atoms with Crippen molar-refractivity contribution in [1.29, 1.82) is 0 Å². The van der Waals surface area contributed by atoms with E-state index >= 15 is 0 Å². The molecule has 0 amide bonds. The highest BCUT2D eigenvalue weighted by Crippen LogP contribution is 2.67. The lowest BCUT2D eigenvalue weighted by Gasteiger charge is -2.61. The largest absolute Gasteiger partial charge is 0.469 e. The van der Waals surface area contributed by atoms with Crippen LogP contribution in [0.2, 0.25) is 0 Å². The van der Waals surface area contributed by atoms with E-state index in [9.17, 15) is 19.8 Å². The Morgan fingerprint density at radius 2 is 2.00 bits per heavy atom. The maximum absolute atomic E-state index is 12.0. The molecule has 0 aromatic rings. The highest BCUT2D eigenvalue weighted by Gasteiger charge is 2.64. The Morgan fingerprint density at radius 3 is 2.70 bits per heavy atom. The Bertz CT molecular complexity index is 744. The molecule has 3 fully saturated rings. The van der Waals surface area contributed by atoms with Crippen LogP contribution in [0.4, 0.5) is 0 Å². The third-order valence-electron chi connectivity index (χ3n) is 9.88. The van der Waals surface area contributed by atoms with Gasteiger partial charge >= 0.3 is 5.97 Å². The molecule has 0 spiro atoms. The number of carbonyl (C=O) groups excluding carboxylic acids is 2. The fourth-order valence-corrected chi connectivity index (χ4v) is 8.11. The number of ketones is 1. The Kier molecular flexibility index (Phi) is 5.68. The fourth-order valence-electron chi connectivity index (χ4n) is 8.11. The van der Waals surface area contributed by atoms with Gasteiger partial charge in [0.15, 0.2) is 5.78 Å². The smallest absolute Gasteiger partial charge is 0.305 e. The average molecular weight is 419 g/mol. The minimum absolute atomic E-state index is 0.0886. The third-order valence-corrected chi connectivity index (χ3v) is 9.88. The summed E-state index contributed by atoms with van der Waals surface area (Å²) in [6.07, 6.45) is 6.86. The Balaban J connectivity index is 1.61. The van der Waals surface area contributed by atoms with E-state index in [1.165, 1.54) is 7.11 Å². The van der Waals surface area contributed by atoms with Crippen LogP contribution in [0, 0.1) is 40.4 Å². The predicted molar refractivity (Wildman–Crippen MR) is 113 cm³/mol. The highest BCUT2D eigenvalue weighted by atomic mass is 16.5. The third kappa shape index (κ3) is 3.19. The van der Waals surface area contributed by atoms with E-state index in [1.807, 2.05) is 0 Å². The van der Waals surface area contributed by atoms with Gasteiger partial charge in [0.05, 0.1) is 19.3 Å². The van der Waals surface area contributed by atoms with Crippen molar-refractivity contribution in [2.75, 3.05) is 7.11 Å². The van der Waals surface area contributed by atoms with Crippen LogP contribution in [0.3, 0.4) is 0 Å². The standard InChI is InChI=1S/C25H38O5/c1-14(5-8-22(29)30-4)17-6-7-18-23-19(13-21(28)25(17,18)3)24(2)10-9-16(26)11-15(24)12-20(23)27/h11,14,17-21,23,27-28H,5-10,12-13H2,1-4H3. The fraction of sp³-hybridized carbons (Fsp3) is 0.840. The zero-order valence-corrected chi connectivity index (χ0v) is 18.9. The molecule has 2 N–H and O–H groups in total. The van der Waals surface area contributed by atoms with Crippen molar-refractivity contribution >= 4 is 11.8 Å². The molecule has 4 aliphatic carbocycles. The first-order chi connectivity index (χ1) is 14.1. The average Bonchev–Trinajstić information content (AvgIpc) is 3.06. The molecule has 9 atom stereocenters. The second-order valence-corrected chi connectivity index (χ2v) is 11.0. The molecule has 0 saturated heterocycles. The molecule has 30 heavy (non-hydrogen) atoms. The van der Waals surface area contributed by atoms with Gasteiger partial charge in [-0.05, 0) is 85.0 Å². The van der Waals surface area contributed by atoms with E-state index in [0.29, 0.717) is 37.5 Å². The summed E-state index contributed by atoms with van der Waals surface area (Å²) in [5.74, 6) is 1.34. The highest BCUT2D eigenvalue weighted by molar-refractivity contribution is 5.91. The van der Waals surface area contributed by atoms with E-state index in [2.05, 4.69) is 20.8 Å². The number of hydrogen-bond acceptors (Lipinski definition) is 5. The van der Waals surface area contributed by atoms with E-state index < -0.39 is 12.2 Å². The lowest BCUT2D eigenvalue weighted by atomic mass is 9.45. The molecule has 0 radical (unpaired) electrons. The normalized spacial score (nSPS) is 46.3. The van der Waals surface area contributed by atoms with Crippen LogP contribution < -0.4 is 0 Å². The zero-order valence-electron chi connectivity index (χ0n) is 18.9. The molecule has 0 bridgehead atoms. The molecule has 5 nitrogen and oxygen atoms in total. The summed E-state index contributed by atoms with van der Waals surface area (Å²) in [5.41, 5.74) is 0.776. The van der Waals surface area contributed by atoms with Crippen molar-refractivity contribution in [2.45, 2.75) is 84.3 Å². The quantitative estimate of drug-likeness (QED) is 0.681. The summed E-state index contributed by atoms with van der Waals surface area (Å²) in [4.78, 5) is 23.7. The number of carbonyl (C=O) groups is 2. The Morgan fingerprint density at radius 1 is 1.27 bits per heavy atom. The molecule has 9 unspecified atom stereocenters. The van der Waals surface area contributed by atoms with Crippen LogP contribution >= 0.6 is 0 Å². The van der Waals surface area contributed by atoms with Crippen LogP contribution in [0.25, 0.3) is 0 Å². The van der Waals surface area contributed by atoms with Crippen LogP contribution in [-0.2, 0) is 14.3 Å². The number of aliphatic hydroxyl groups is 2. The van der Waals surface area contributed by atoms with E-state index in [4.69, 9.17) is 4.74 Å². The first kappa shape index (κ1) is 22.0. The number of esters is 1. The van der Waals surface area contributed by atoms with Crippen LogP contribution in [0.5, 0.6) is 0 Å². The minimum Gasteiger partial charge on any atom is -0.469 e. The lowest BCUT2D eigenvalue weighted by molar-refractivity contribution is -0.168. The van der Waals surface area contributed by atoms with Gasteiger partial charge in [0.1, 0.15) is 0 Å². The van der Waals surface area contributed by atoms with Gasteiger partial charge in [0.2, 0.25) is 0 Å². The molecular weight excluding hydrogens is 380 g/mol. The minimum atomic E-state index is -0.443. The topological polar surface area (TPSA) is 83.8 Å². The summed E-state index contributed by atoms with van der Waals surface area (Å²) in [5, 5.41) is 22.7. The molecular formula is C25H38O5. The van der Waals surface area contributed by atoms with Gasteiger partial charge in [-0.3, -0.25) is 9.59 Å². The SMILES string of the molecule is COC(=O)CCC(C)C1CCC2C3C(O)CC4=CC(=O)CCC4(C)C3CC(O)C12C. The molecule has 168 valence electrons. The Hall–Kier alpha value is -1.20. The van der Waals surface area contributed by atoms with Gasteiger partial charge in [-0.1, -0.05) is 26.3 Å². The molecule has 0 aliphatic heterocycles. The number of aliphatic hydroxyl groups excluding tert-OH is 2. The Labute approximate surface area is 180 Å². The van der Waals surface area contributed by atoms with Gasteiger partial charge < -0.3 is 14.9 Å². The predicted octanol–water partition coefficient (Wildman–Crippen LogP) is 3.67. The summed E-state index contributed by atoms with van der Waals surface area (Å²) in [6.45, 7) is 6.69. The number of ether oxygens (including phenoxy) is 1. The van der Waals surface area contributed by atoms with Gasteiger partial charge in [-0.25, -0.2) is 0 Å². The first-order valence-electron chi connectivity index (χ1n) is 11.8. The molecule has 0 heterocycles. The maximum atomic E-state index is 12.0. The van der Waals surface area contributed by atoms with Crippen molar-refractivity contribution in [3.63, 3.8) is 0 Å². The summed E-state index contributed by atoms with van der Waals surface area (Å²) in [6, 6.07) is 0. The maximum Gasteiger partial charge on any atom is 0.305 e. The monoisotopic (exact) mass is 418 g/mol. The number of methoxy groups -OCH3 is 1. The molecule has 0 aromatic heterocycles. The van der Waals surface area contributed by atoms with Gasteiger partial charge in [-0.2, -0.15) is 0 Å². The van der Waals surface area contributed by atoms with Crippen molar-refractivity contribution in [3.8, 4) is 0 Å². The van der Waals surface area contributed by atoms with Crippen molar-refractivity contribution in [3.05, 3.63) is 11.6 Å². The van der Waals surface area contributed by atoms with Crippen molar-refractivity contribution in [1.82, 2.24) is 0 Å². The van der Waals surface area contributed by atoms with Crippen molar-refractivity contribution < 1.29 is 24.5 Å². The molecule has 5 heteroatoms. The zero-order chi connectivity index (χ0) is 21.8. The molecule has 0 aromatic carbocycles. The van der Waals surface area contributed by atoms with Crippen molar-refractivity contribution in [2.24, 2.45) is 40.4 Å². The summed E-state index contributed by atoms with van der Waals surface area (Å²) < 4.78 is 4.82. The number of fused-ring (bicyclic) bond motifs is 5. The molecule has 4 aliphatic rings. The number of hydrogen-bond donors (Lipinski definition) is 2.